The molecule has 1 atom stereocenters. The number of carbonyl (C=O) groups is 2. The first kappa shape index (κ1) is 17.4. The van der Waals surface area contributed by atoms with Gasteiger partial charge in [0.2, 0.25) is 0 Å². The molecule has 25 heavy (non-hydrogen) atoms. The van der Waals surface area contributed by atoms with Crippen LogP contribution in [0, 0.1) is 0 Å². The van der Waals surface area contributed by atoms with Crippen LogP contribution in [0.2, 0.25) is 0 Å². The van der Waals surface area contributed by atoms with Crippen molar-refractivity contribution in [1.29, 1.82) is 0 Å². The minimum atomic E-state index is -3.05. The first-order valence-electron chi connectivity index (χ1n) is 8.04. The van der Waals surface area contributed by atoms with Crippen molar-refractivity contribution < 1.29 is 22.7 Å². The highest BCUT2D eigenvalue weighted by Crippen LogP contribution is 2.16. The Hall–Kier alpha value is -2.41. The number of hydrogen-bond donors (Lipinski definition) is 1. The smallest absolute Gasteiger partial charge is 0.310 e. The highest BCUT2D eigenvalue weighted by Gasteiger charge is 2.29. The normalized spacial score (nSPS) is 18.8. The Morgan fingerprint density at radius 3 is 2.60 bits per heavy atom. The Balaban J connectivity index is 1.48. The summed E-state index contributed by atoms with van der Waals surface area (Å²) in [4.78, 5) is 23.7. The molecule has 0 radical (unpaired) electrons. The zero-order valence-corrected chi connectivity index (χ0v) is 14.4. The Morgan fingerprint density at radius 2 is 1.88 bits per heavy atom. The van der Waals surface area contributed by atoms with Crippen LogP contribution in [0.3, 0.4) is 0 Å². The van der Waals surface area contributed by atoms with Crippen molar-refractivity contribution in [3.05, 3.63) is 48.0 Å². The van der Waals surface area contributed by atoms with Gasteiger partial charge in [-0.1, -0.05) is 42.5 Å². The van der Waals surface area contributed by atoms with Crippen molar-refractivity contribution in [3.63, 3.8) is 0 Å². The minimum absolute atomic E-state index is 0.0518. The van der Waals surface area contributed by atoms with E-state index in [9.17, 15) is 18.0 Å². The molecule has 0 spiro atoms. The quantitative estimate of drug-likeness (QED) is 0.809. The maximum atomic E-state index is 11.9. The molecule has 0 bridgehead atoms. The van der Waals surface area contributed by atoms with Gasteiger partial charge in [0.05, 0.1) is 17.9 Å². The number of esters is 1. The number of sulfone groups is 1. The number of ether oxygens (including phenoxy) is 1. The Bertz CT molecular complexity index is 907. The maximum absolute atomic E-state index is 11.9. The molecule has 132 valence electrons. The Labute approximate surface area is 146 Å². The lowest BCUT2D eigenvalue weighted by Gasteiger charge is -2.11. The average Bonchev–Trinajstić information content (AvgIpc) is 2.91. The van der Waals surface area contributed by atoms with E-state index in [4.69, 9.17) is 4.74 Å². The molecule has 1 heterocycles. The van der Waals surface area contributed by atoms with Crippen LogP contribution in [0.15, 0.2) is 42.5 Å². The molecule has 1 saturated heterocycles. The maximum Gasteiger partial charge on any atom is 0.310 e. The molecule has 1 fully saturated rings. The third-order valence-electron chi connectivity index (χ3n) is 4.12. The van der Waals surface area contributed by atoms with Crippen LogP contribution in [0.1, 0.15) is 12.0 Å². The largest absolute Gasteiger partial charge is 0.455 e. The molecule has 1 aliphatic rings. The summed E-state index contributed by atoms with van der Waals surface area (Å²) in [6.45, 7) is -0.400. The van der Waals surface area contributed by atoms with E-state index in [-0.39, 0.29) is 17.9 Å². The Morgan fingerprint density at radius 1 is 1.12 bits per heavy atom. The van der Waals surface area contributed by atoms with Crippen LogP contribution in [-0.4, -0.2) is 44.4 Å². The van der Waals surface area contributed by atoms with Crippen molar-refractivity contribution in [2.75, 3.05) is 18.1 Å². The zero-order valence-electron chi connectivity index (χ0n) is 13.6. The van der Waals surface area contributed by atoms with Gasteiger partial charge >= 0.3 is 5.97 Å². The first-order chi connectivity index (χ1) is 11.9. The van der Waals surface area contributed by atoms with Crippen molar-refractivity contribution in [2.24, 2.45) is 0 Å². The van der Waals surface area contributed by atoms with E-state index in [0.29, 0.717) is 6.42 Å². The molecule has 0 unspecified atom stereocenters. The topological polar surface area (TPSA) is 89.5 Å². The van der Waals surface area contributed by atoms with Gasteiger partial charge in [0, 0.05) is 6.04 Å². The predicted octanol–water partition coefficient (Wildman–Crippen LogP) is 1.23. The summed E-state index contributed by atoms with van der Waals surface area (Å²) < 4.78 is 27.7. The van der Waals surface area contributed by atoms with E-state index >= 15 is 0 Å². The molecule has 2 aromatic carbocycles. The number of rotatable bonds is 5. The molecule has 0 aromatic heterocycles. The lowest BCUT2D eigenvalue weighted by Crippen LogP contribution is -2.38. The van der Waals surface area contributed by atoms with Gasteiger partial charge in [-0.3, -0.25) is 9.59 Å². The van der Waals surface area contributed by atoms with Crippen LogP contribution in [-0.2, 0) is 30.6 Å². The molecule has 2 aromatic rings. The fourth-order valence-corrected chi connectivity index (χ4v) is 4.56. The van der Waals surface area contributed by atoms with Crippen LogP contribution in [0.25, 0.3) is 10.8 Å². The SMILES string of the molecule is O=C(COC(=O)Cc1ccc2ccccc2c1)N[C@H]1CCS(=O)(=O)C1. The highest BCUT2D eigenvalue weighted by atomic mass is 32.2. The van der Waals surface area contributed by atoms with Gasteiger partial charge in [-0.2, -0.15) is 0 Å². The number of fused-ring (bicyclic) bond motifs is 1. The minimum Gasteiger partial charge on any atom is -0.455 e. The summed E-state index contributed by atoms with van der Waals surface area (Å²) >= 11 is 0. The van der Waals surface area contributed by atoms with E-state index in [2.05, 4.69) is 5.32 Å². The summed E-state index contributed by atoms with van der Waals surface area (Å²) in [6, 6.07) is 13.1. The van der Waals surface area contributed by atoms with Gasteiger partial charge < -0.3 is 10.1 Å². The molecule has 7 heteroatoms. The molecule has 3 rings (SSSR count). The predicted molar refractivity (Wildman–Crippen MR) is 93.8 cm³/mol. The fourth-order valence-electron chi connectivity index (χ4n) is 2.89. The molecule has 1 amide bonds. The molecular formula is C18H19NO5S. The summed E-state index contributed by atoms with van der Waals surface area (Å²) in [5, 5.41) is 4.71. The van der Waals surface area contributed by atoms with Gasteiger partial charge in [-0.25, -0.2) is 8.42 Å². The van der Waals surface area contributed by atoms with Crippen LogP contribution in [0.5, 0.6) is 0 Å². The third kappa shape index (κ3) is 4.79. The molecule has 6 nitrogen and oxygen atoms in total. The van der Waals surface area contributed by atoms with E-state index in [0.717, 1.165) is 16.3 Å². The summed E-state index contributed by atoms with van der Waals surface area (Å²) in [6.07, 6.45) is 0.481. The second-order valence-electron chi connectivity index (χ2n) is 6.19. The van der Waals surface area contributed by atoms with Gasteiger partial charge in [0.15, 0.2) is 16.4 Å². The lowest BCUT2D eigenvalue weighted by atomic mass is 10.1. The average molecular weight is 361 g/mol. The van der Waals surface area contributed by atoms with Gasteiger partial charge in [0.25, 0.3) is 5.91 Å². The van der Waals surface area contributed by atoms with Gasteiger partial charge in [0.1, 0.15) is 0 Å². The first-order valence-corrected chi connectivity index (χ1v) is 9.86. The zero-order chi connectivity index (χ0) is 17.9. The molecule has 1 N–H and O–H groups in total. The summed E-state index contributed by atoms with van der Waals surface area (Å²) in [5.41, 5.74) is 0.811. The number of amides is 1. The van der Waals surface area contributed by atoms with Crippen molar-refractivity contribution in [2.45, 2.75) is 18.9 Å². The van der Waals surface area contributed by atoms with Crippen LogP contribution >= 0.6 is 0 Å². The number of hydrogen-bond acceptors (Lipinski definition) is 5. The van der Waals surface area contributed by atoms with E-state index in [1.54, 1.807) is 0 Å². The summed E-state index contributed by atoms with van der Waals surface area (Å²) in [5.74, 6) is -0.942. The molecular weight excluding hydrogens is 342 g/mol. The summed E-state index contributed by atoms with van der Waals surface area (Å²) in [7, 11) is -3.05. The van der Waals surface area contributed by atoms with Gasteiger partial charge in [-0.05, 0) is 22.8 Å². The molecule has 1 aliphatic heterocycles. The molecule has 0 aliphatic carbocycles. The second kappa shape index (κ2) is 7.23. The van der Waals surface area contributed by atoms with Crippen LogP contribution < -0.4 is 5.32 Å². The number of carbonyl (C=O) groups excluding carboxylic acids is 2. The van der Waals surface area contributed by atoms with Crippen molar-refractivity contribution >= 4 is 32.5 Å². The van der Waals surface area contributed by atoms with Crippen molar-refractivity contribution in [1.82, 2.24) is 5.32 Å². The third-order valence-corrected chi connectivity index (χ3v) is 5.89. The van der Waals surface area contributed by atoms with E-state index < -0.39 is 34.4 Å². The fraction of sp³-hybridized carbons (Fsp3) is 0.333. The van der Waals surface area contributed by atoms with Crippen LogP contribution in [0.4, 0.5) is 0 Å². The van der Waals surface area contributed by atoms with E-state index in [1.165, 1.54) is 0 Å². The van der Waals surface area contributed by atoms with Gasteiger partial charge in [-0.15, -0.1) is 0 Å². The second-order valence-corrected chi connectivity index (χ2v) is 8.42. The monoisotopic (exact) mass is 361 g/mol. The number of nitrogens with one attached hydrogen (secondary N) is 1. The van der Waals surface area contributed by atoms with Crippen molar-refractivity contribution in [3.8, 4) is 0 Å². The standard InChI is InChI=1S/C18H19NO5S/c20-17(19-16-7-8-25(22,23)12-16)11-24-18(21)10-13-5-6-14-3-1-2-4-15(14)9-13/h1-6,9,16H,7-8,10-12H2,(H,19,20)/t16-/m0/s1. The number of benzene rings is 2. The Kier molecular flexibility index (Phi) is 5.03. The highest BCUT2D eigenvalue weighted by molar-refractivity contribution is 7.91. The van der Waals surface area contributed by atoms with E-state index in [1.807, 2.05) is 42.5 Å². The molecule has 0 saturated carbocycles. The lowest BCUT2D eigenvalue weighted by molar-refractivity contribution is -0.148.